The lowest BCUT2D eigenvalue weighted by molar-refractivity contribution is 0.0902. The van der Waals surface area contributed by atoms with Crippen molar-refractivity contribution in [3.05, 3.63) is 54.6 Å². The van der Waals surface area contributed by atoms with E-state index in [-0.39, 0.29) is 12.1 Å². The summed E-state index contributed by atoms with van der Waals surface area (Å²) >= 11 is 0. The fourth-order valence-corrected chi connectivity index (χ4v) is 4.44. The Morgan fingerprint density at radius 3 is 2.48 bits per heavy atom. The molecule has 5 heteroatoms. The summed E-state index contributed by atoms with van der Waals surface area (Å²) < 4.78 is 34.0. The molecule has 1 heterocycles. The van der Waals surface area contributed by atoms with Gasteiger partial charge in [0.15, 0.2) is 0 Å². The highest BCUT2D eigenvalue weighted by Gasteiger charge is 2.28. The van der Waals surface area contributed by atoms with Crippen LogP contribution in [0, 0.1) is 0 Å². The number of ether oxygens (including phenoxy) is 1. The minimum atomic E-state index is -3.61. The molecule has 0 aliphatic carbocycles. The molecule has 0 spiro atoms. The first-order valence-corrected chi connectivity index (χ1v) is 9.34. The minimum absolute atomic E-state index is 0.0475. The number of rotatable bonds is 5. The van der Waals surface area contributed by atoms with Crippen LogP contribution in [0.15, 0.2) is 59.5 Å². The van der Waals surface area contributed by atoms with Crippen LogP contribution in [0.1, 0.15) is 19.8 Å². The van der Waals surface area contributed by atoms with Gasteiger partial charge in [-0.05, 0) is 31.4 Å². The van der Waals surface area contributed by atoms with Crippen LogP contribution >= 0.6 is 0 Å². The van der Waals surface area contributed by atoms with Crippen molar-refractivity contribution in [2.45, 2.75) is 36.8 Å². The largest absolute Gasteiger partial charge is 0.377 e. The highest BCUT2D eigenvalue weighted by atomic mass is 32.2. The third kappa shape index (κ3) is 3.63. The van der Waals surface area contributed by atoms with Crippen LogP contribution in [0.4, 0.5) is 0 Å². The van der Waals surface area contributed by atoms with Crippen LogP contribution in [0.25, 0.3) is 11.1 Å². The molecule has 0 radical (unpaired) electrons. The lowest BCUT2D eigenvalue weighted by Crippen LogP contribution is -2.40. The number of nitrogens with one attached hydrogen (secondary N) is 1. The fraction of sp³-hybridized carbons (Fsp3) is 0.333. The molecular formula is C18H21NO3S. The Hall–Kier alpha value is -1.69. The molecule has 1 fully saturated rings. The van der Waals surface area contributed by atoms with Crippen molar-refractivity contribution in [3.63, 3.8) is 0 Å². The Balaban J connectivity index is 1.91. The van der Waals surface area contributed by atoms with Gasteiger partial charge in [0.05, 0.1) is 11.0 Å². The molecule has 4 nitrogen and oxygen atoms in total. The summed E-state index contributed by atoms with van der Waals surface area (Å²) in [5, 5.41) is 0. The molecule has 0 amide bonds. The van der Waals surface area contributed by atoms with E-state index < -0.39 is 10.0 Å². The third-order valence-corrected chi connectivity index (χ3v) is 5.74. The van der Waals surface area contributed by atoms with Gasteiger partial charge in [0.2, 0.25) is 10.0 Å². The topological polar surface area (TPSA) is 55.4 Å². The molecular weight excluding hydrogens is 310 g/mol. The molecule has 1 aliphatic rings. The van der Waals surface area contributed by atoms with Gasteiger partial charge in [0.1, 0.15) is 0 Å². The second kappa shape index (κ2) is 6.83. The fourth-order valence-electron chi connectivity index (χ4n) is 2.94. The van der Waals surface area contributed by atoms with E-state index in [1.807, 2.05) is 49.4 Å². The first kappa shape index (κ1) is 16.2. The molecule has 2 atom stereocenters. The smallest absolute Gasteiger partial charge is 0.241 e. The molecule has 2 aromatic carbocycles. The summed E-state index contributed by atoms with van der Waals surface area (Å²) in [6.45, 7) is 2.57. The highest BCUT2D eigenvalue weighted by molar-refractivity contribution is 7.89. The molecule has 23 heavy (non-hydrogen) atoms. The maximum atomic E-state index is 12.8. The first-order chi connectivity index (χ1) is 11.1. The predicted octanol–water partition coefficient (Wildman–Crippen LogP) is 3.20. The average molecular weight is 331 g/mol. The van der Waals surface area contributed by atoms with Gasteiger partial charge in [-0.1, -0.05) is 48.5 Å². The zero-order valence-corrected chi connectivity index (χ0v) is 13.9. The van der Waals surface area contributed by atoms with E-state index in [1.54, 1.807) is 12.1 Å². The van der Waals surface area contributed by atoms with Gasteiger partial charge < -0.3 is 4.74 Å². The van der Waals surface area contributed by atoms with Gasteiger partial charge in [-0.3, -0.25) is 0 Å². The lowest BCUT2D eigenvalue weighted by Gasteiger charge is -2.21. The second-order valence-electron chi connectivity index (χ2n) is 5.82. The van der Waals surface area contributed by atoms with Crippen molar-refractivity contribution in [1.82, 2.24) is 4.72 Å². The van der Waals surface area contributed by atoms with Crippen molar-refractivity contribution in [2.75, 3.05) is 6.61 Å². The Morgan fingerprint density at radius 1 is 1.09 bits per heavy atom. The zero-order valence-electron chi connectivity index (χ0n) is 13.1. The average Bonchev–Trinajstić information content (AvgIpc) is 3.10. The molecule has 1 saturated heterocycles. The summed E-state index contributed by atoms with van der Waals surface area (Å²) in [4.78, 5) is 0.302. The minimum Gasteiger partial charge on any atom is -0.377 e. The van der Waals surface area contributed by atoms with Crippen molar-refractivity contribution in [2.24, 2.45) is 0 Å². The number of benzene rings is 2. The number of sulfonamides is 1. The van der Waals surface area contributed by atoms with Crippen molar-refractivity contribution >= 4 is 10.0 Å². The molecule has 1 aliphatic heterocycles. The Labute approximate surface area is 137 Å². The third-order valence-electron chi connectivity index (χ3n) is 4.12. The molecule has 0 unspecified atom stereocenters. The van der Waals surface area contributed by atoms with Gasteiger partial charge in [-0.15, -0.1) is 0 Å². The Bertz CT molecular complexity index is 753. The summed E-state index contributed by atoms with van der Waals surface area (Å²) in [7, 11) is -3.61. The molecule has 0 aromatic heterocycles. The molecule has 2 aromatic rings. The lowest BCUT2D eigenvalue weighted by atomic mass is 10.1. The van der Waals surface area contributed by atoms with Crippen LogP contribution < -0.4 is 4.72 Å². The molecule has 0 bridgehead atoms. The van der Waals surface area contributed by atoms with Gasteiger partial charge in [-0.25, -0.2) is 13.1 Å². The standard InChI is InChI=1S/C18H21NO3S/c1-14(17-11-7-13-22-17)19-23(20,21)18-12-6-5-10-16(18)15-8-3-2-4-9-15/h2-6,8-10,12,14,17,19H,7,11,13H2,1H3/t14-,17-/m1/s1. The van der Waals surface area contributed by atoms with Gasteiger partial charge in [-0.2, -0.15) is 0 Å². The molecule has 1 N–H and O–H groups in total. The van der Waals surface area contributed by atoms with Crippen LogP contribution in [-0.4, -0.2) is 27.2 Å². The summed E-state index contributed by atoms with van der Waals surface area (Å²) in [6.07, 6.45) is 1.83. The van der Waals surface area contributed by atoms with Crippen molar-refractivity contribution in [3.8, 4) is 11.1 Å². The van der Waals surface area contributed by atoms with E-state index in [4.69, 9.17) is 4.74 Å². The van der Waals surface area contributed by atoms with Gasteiger partial charge >= 0.3 is 0 Å². The highest BCUT2D eigenvalue weighted by Crippen LogP contribution is 2.27. The Morgan fingerprint density at radius 2 is 1.78 bits per heavy atom. The van der Waals surface area contributed by atoms with Gasteiger partial charge in [0, 0.05) is 18.2 Å². The molecule has 3 rings (SSSR count). The first-order valence-electron chi connectivity index (χ1n) is 7.86. The van der Waals surface area contributed by atoms with E-state index in [2.05, 4.69) is 4.72 Å². The van der Waals surface area contributed by atoms with Crippen LogP contribution in [-0.2, 0) is 14.8 Å². The predicted molar refractivity (Wildman–Crippen MR) is 90.6 cm³/mol. The zero-order chi connectivity index (χ0) is 16.3. The number of hydrogen-bond acceptors (Lipinski definition) is 3. The van der Waals surface area contributed by atoms with E-state index in [0.717, 1.165) is 18.4 Å². The second-order valence-corrected chi connectivity index (χ2v) is 7.51. The van der Waals surface area contributed by atoms with Crippen molar-refractivity contribution < 1.29 is 13.2 Å². The Kier molecular flexibility index (Phi) is 4.80. The van der Waals surface area contributed by atoms with Crippen LogP contribution in [0.2, 0.25) is 0 Å². The molecule has 122 valence electrons. The molecule has 0 saturated carbocycles. The van der Waals surface area contributed by atoms with Crippen molar-refractivity contribution in [1.29, 1.82) is 0 Å². The SMILES string of the molecule is C[C@@H](NS(=O)(=O)c1ccccc1-c1ccccc1)[C@H]1CCCO1. The quantitative estimate of drug-likeness (QED) is 0.915. The number of hydrogen-bond donors (Lipinski definition) is 1. The summed E-state index contributed by atoms with van der Waals surface area (Å²) in [6, 6.07) is 16.4. The van der Waals surface area contributed by atoms with E-state index >= 15 is 0 Å². The van der Waals surface area contributed by atoms with Crippen LogP contribution in [0.5, 0.6) is 0 Å². The summed E-state index contributed by atoms with van der Waals surface area (Å²) in [5.74, 6) is 0. The van der Waals surface area contributed by atoms with E-state index in [0.29, 0.717) is 17.1 Å². The van der Waals surface area contributed by atoms with Crippen LogP contribution in [0.3, 0.4) is 0 Å². The van der Waals surface area contributed by atoms with Gasteiger partial charge in [0.25, 0.3) is 0 Å². The monoisotopic (exact) mass is 331 g/mol. The summed E-state index contributed by atoms with van der Waals surface area (Å²) in [5.41, 5.74) is 1.60. The van der Waals surface area contributed by atoms with E-state index in [1.165, 1.54) is 0 Å². The maximum Gasteiger partial charge on any atom is 0.241 e. The van der Waals surface area contributed by atoms with E-state index in [9.17, 15) is 8.42 Å². The maximum absolute atomic E-state index is 12.8. The normalized spacial score (nSPS) is 19.6.